The fourth-order valence-electron chi connectivity index (χ4n) is 1.55. The fraction of sp³-hybridized carbons (Fsp3) is 0.455. The third-order valence-corrected chi connectivity index (χ3v) is 5.02. The van der Waals surface area contributed by atoms with Crippen LogP contribution in [0.5, 0.6) is 5.88 Å². The third-order valence-electron chi connectivity index (χ3n) is 2.29. The molecule has 110 valence electrons. The van der Waals surface area contributed by atoms with Gasteiger partial charge in [-0.3, -0.25) is 9.05 Å². The summed E-state index contributed by atoms with van der Waals surface area (Å²) in [4.78, 5) is 4.21. The van der Waals surface area contributed by atoms with Crippen LogP contribution in [0.4, 0.5) is 0 Å². The number of halogens is 1. The molecule has 0 bridgehead atoms. The van der Waals surface area contributed by atoms with Gasteiger partial charge < -0.3 is 4.52 Å². The van der Waals surface area contributed by atoms with Gasteiger partial charge >= 0.3 is 6.72 Å². The van der Waals surface area contributed by atoms with Crippen molar-refractivity contribution in [1.82, 2.24) is 14.6 Å². The molecule has 9 heteroatoms. The Kier molecular flexibility index (Phi) is 4.99. The first-order valence-corrected chi connectivity index (χ1v) is 9.01. The summed E-state index contributed by atoms with van der Waals surface area (Å²) in [6.07, 6.45) is 3.50. The standard InChI is InChI=1S/C11H15ClN3O3PS/c1-4-16-19(20,17-5-2)18-11-9(12)10-13-6-8(3)7-15(10)14-11/h6-7H,4-5H2,1-3H3. The average molecular weight is 336 g/mol. The van der Waals surface area contributed by atoms with Crippen molar-refractivity contribution in [2.45, 2.75) is 20.8 Å². The quantitative estimate of drug-likeness (QED) is 0.754. The average Bonchev–Trinajstić information content (AvgIpc) is 2.66. The molecule has 2 heterocycles. The maximum Gasteiger partial charge on any atom is 0.381 e. The van der Waals surface area contributed by atoms with Gasteiger partial charge in [-0.1, -0.05) is 11.6 Å². The van der Waals surface area contributed by atoms with E-state index in [1.165, 1.54) is 0 Å². The van der Waals surface area contributed by atoms with Crippen molar-refractivity contribution < 1.29 is 13.6 Å². The number of hydrogen-bond acceptors (Lipinski definition) is 6. The van der Waals surface area contributed by atoms with Gasteiger partial charge in [0.2, 0.25) is 0 Å². The molecule has 20 heavy (non-hydrogen) atoms. The molecule has 0 aliphatic rings. The van der Waals surface area contributed by atoms with Crippen molar-refractivity contribution in [3.8, 4) is 5.88 Å². The van der Waals surface area contributed by atoms with Crippen molar-refractivity contribution in [2.75, 3.05) is 13.2 Å². The molecular formula is C11H15ClN3O3PS. The highest BCUT2D eigenvalue weighted by molar-refractivity contribution is 8.07. The number of aryl methyl sites for hydroxylation is 1. The molecule has 2 aromatic rings. The Morgan fingerprint density at radius 2 is 2.00 bits per heavy atom. The molecule has 0 N–H and O–H groups in total. The Balaban J connectivity index is 2.37. The highest BCUT2D eigenvalue weighted by atomic mass is 35.5. The van der Waals surface area contributed by atoms with E-state index < -0.39 is 6.72 Å². The highest BCUT2D eigenvalue weighted by Gasteiger charge is 2.25. The normalized spacial score (nSPS) is 12.0. The molecule has 0 amide bonds. The smallest absolute Gasteiger partial charge is 0.381 e. The molecule has 0 aliphatic heterocycles. The van der Waals surface area contributed by atoms with Crippen LogP contribution in [0.15, 0.2) is 12.4 Å². The summed E-state index contributed by atoms with van der Waals surface area (Å²) in [6.45, 7) is 3.44. The summed E-state index contributed by atoms with van der Waals surface area (Å²) < 4.78 is 18.0. The molecule has 2 aromatic heterocycles. The van der Waals surface area contributed by atoms with E-state index in [1.54, 1.807) is 16.9 Å². The molecule has 0 aliphatic carbocycles. The summed E-state index contributed by atoms with van der Waals surface area (Å²) in [5.41, 5.74) is 1.46. The predicted molar refractivity (Wildman–Crippen MR) is 80.9 cm³/mol. The maximum atomic E-state index is 6.21. The Labute approximate surface area is 127 Å². The second-order valence-electron chi connectivity index (χ2n) is 3.89. The molecule has 6 nitrogen and oxygen atoms in total. The van der Waals surface area contributed by atoms with Crippen LogP contribution in [0.3, 0.4) is 0 Å². The van der Waals surface area contributed by atoms with Crippen LogP contribution < -0.4 is 4.52 Å². The number of nitrogens with zero attached hydrogens (tertiary/aromatic N) is 3. The van der Waals surface area contributed by atoms with E-state index in [0.717, 1.165) is 5.56 Å². The Morgan fingerprint density at radius 3 is 2.60 bits per heavy atom. The molecular weight excluding hydrogens is 321 g/mol. The molecule has 0 saturated heterocycles. The summed E-state index contributed by atoms with van der Waals surface area (Å²) in [6, 6.07) is 0. The van der Waals surface area contributed by atoms with Crippen molar-refractivity contribution in [1.29, 1.82) is 0 Å². The van der Waals surface area contributed by atoms with Crippen LogP contribution in [0.2, 0.25) is 5.02 Å². The number of fused-ring (bicyclic) bond motifs is 1. The monoisotopic (exact) mass is 335 g/mol. The SMILES string of the molecule is CCOP(=S)(OCC)Oc1nn2cc(C)cnc2c1Cl. The lowest BCUT2D eigenvalue weighted by molar-refractivity contribution is 0.216. The van der Waals surface area contributed by atoms with Gasteiger partial charge in [0.05, 0.1) is 13.2 Å². The zero-order valence-electron chi connectivity index (χ0n) is 11.4. The van der Waals surface area contributed by atoms with Gasteiger partial charge in [0.15, 0.2) is 5.65 Å². The Morgan fingerprint density at radius 1 is 1.35 bits per heavy atom. The molecule has 0 saturated carbocycles. The van der Waals surface area contributed by atoms with Crippen LogP contribution in [0, 0.1) is 6.92 Å². The van der Waals surface area contributed by atoms with Gasteiger partial charge in [-0.25, -0.2) is 9.50 Å². The lowest BCUT2D eigenvalue weighted by Crippen LogP contribution is -2.02. The van der Waals surface area contributed by atoms with Crippen LogP contribution in [-0.2, 0) is 20.9 Å². The molecule has 0 unspecified atom stereocenters. The van der Waals surface area contributed by atoms with E-state index in [2.05, 4.69) is 10.1 Å². The van der Waals surface area contributed by atoms with Gasteiger partial charge in [-0.2, -0.15) is 0 Å². The van der Waals surface area contributed by atoms with E-state index in [-0.39, 0.29) is 5.88 Å². The number of aromatic nitrogens is 3. The Hall–Kier alpha value is -0.720. The topological polar surface area (TPSA) is 57.9 Å². The highest BCUT2D eigenvalue weighted by Crippen LogP contribution is 2.50. The molecule has 0 aromatic carbocycles. The summed E-state index contributed by atoms with van der Waals surface area (Å²) >= 11 is 11.5. The van der Waals surface area contributed by atoms with E-state index in [9.17, 15) is 0 Å². The van der Waals surface area contributed by atoms with Crippen molar-refractivity contribution in [3.05, 3.63) is 23.0 Å². The van der Waals surface area contributed by atoms with Crippen molar-refractivity contribution in [2.24, 2.45) is 0 Å². The minimum absolute atomic E-state index is 0.176. The Bertz CT molecular complexity index is 654. The first kappa shape index (κ1) is 15.7. The first-order valence-electron chi connectivity index (χ1n) is 6.08. The van der Waals surface area contributed by atoms with Gasteiger partial charge in [0, 0.05) is 24.2 Å². The number of rotatable bonds is 6. The van der Waals surface area contributed by atoms with Crippen LogP contribution in [-0.4, -0.2) is 27.8 Å². The summed E-state index contributed by atoms with van der Waals surface area (Å²) in [5.74, 6) is 0.176. The van der Waals surface area contributed by atoms with Gasteiger partial charge in [-0.05, 0) is 26.3 Å². The molecule has 0 spiro atoms. The zero-order chi connectivity index (χ0) is 14.8. The molecule has 0 fully saturated rings. The van der Waals surface area contributed by atoms with E-state index in [4.69, 9.17) is 37.0 Å². The summed E-state index contributed by atoms with van der Waals surface area (Å²) in [7, 11) is 0. The van der Waals surface area contributed by atoms with Crippen LogP contribution in [0.25, 0.3) is 5.65 Å². The molecule has 2 rings (SSSR count). The van der Waals surface area contributed by atoms with E-state index >= 15 is 0 Å². The van der Waals surface area contributed by atoms with E-state index in [1.807, 2.05) is 20.8 Å². The number of hydrogen-bond donors (Lipinski definition) is 0. The van der Waals surface area contributed by atoms with Crippen LogP contribution >= 0.6 is 18.3 Å². The zero-order valence-corrected chi connectivity index (χ0v) is 13.8. The largest absolute Gasteiger partial charge is 0.402 e. The van der Waals surface area contributed by atoms with Gasteiger partial charge in [0.1, 0.15) is 5.02 Å². The minimum atomic E-state index is -2.89. The third kappa shape index (κ3) is 3.30. The summed E-state index contributed by atoms with van der Waals surface area (Å²) in [5, 5.41) is 4.51. The molecule has 0 atom stereocenters. The second-order valence-corrected chi connectivity index (χ2v) is 7.21. The van der Waals surface area contributed by atoms with E-state index in [0.29, 0.717) is 23.9 Å². The van der Waals surface area contributed by atoms with Crippen molar-refractivity contribution in [3.63, 3.8) is 0 Å². The van der Waals surface area contributed by atoms with Crippen LogP contribution in [0.1, 0.15) is 19.4 Å². The van der Waals surface area contributed by atoms with Gasteiger partial charge in [-0.15, -0.1) is 5.10 Å². The van der Waals surface area contributed by atoms with Crippen molar-refractivity contribution >= 4 is 35.8 Å². The predicted octanol–water partition coefficient (Wildman–Crippen LogP) is 3.37. The fourth-order valence-corrected chi connectivity index (χ4v) is 3.81. The lowest BCUT2D eigenvalue weighted by atomic mass is 10.4. The maximum absolute atomic E-state index is 6.21. The first-order chi connectivity index (χ1) is 9.49. The molecule has 0 radical (unpaired) electrons. The second kappa shape index (κ2) is 6.37. The minimum Gasteiger partial charge on any atom is -0.402 e. The lowest BCUT2D eigenvalue weighted by Gasteiger charge is -2.19. The van der Waals surface area contributed by atoms with Gasteiger partial charge in [0.25, 0.3) is 5.88 Å².